The highest BCUT2D eigenvalue weighted by atomic mass is 19.4. The Morgan fingerprint density at radius 3 is 2.52 bits per heavy atom. The van der Waals surface area contributed by atoms with Crippen molar-refractivity contribution in [2.45, 2.75) is 38.1 Å². The zero-order valence-corrected chi connectivity index (χ0v) is 12.1. The van der Waals surface area contributed by atoms with E-state index in [0.717, 1.165) is 0 Å². The average Bonchev–Trinajstić information content (AvgIpc) is 2.39. The van der Waals surface area contributed by atoms with Gasteiger partial charge in [0.05, 0.1) is 5.92 Å². The summed E-state index contributed by atoms with van der Waals surface area (Å²) in [4.78, 5) is 22.4. The van der Waals surface area contributed by atoms with Gasteiger partial charge in [-0.1, -0.05) is 18.2 Å². The Morgan fingerprint density at radius 2 is 1.91 bits per heavy atom. The maximum Gasteiger partial charge on any atom is 0.573 e. The number of para-hydroxylation sites is 1. The third kappa shape index (κ3) is 5.15. The quantitative estimate of drug-likeness (QED) is 0.840. The van der Waals surface area contributed by atoms with Crippen molar-refractivity contribution in [3.8, 4) is 5.75 Å². The second kappa shape index (κ2) is 6.89. The minimum Gasteiger partial charge on any atom is -0.481 e. The molecule has 1 aliphatic rings. The van der Waals surface area contributed by atoms with Crippen LogP contribution in [-0.4, -0.2) is 29.4 Å². The first kappa shape index (κ1) is 17.1. The van der Waals surface area contributed by atoms with Crippen LogP contribution in [0, 0.1) is 5.92 Å². The second-order valence-electron chi connectivity index (χ2n) is 5.43. The number of aliphatic carboxylic acids is 1. The Morgan fingerprint density at radius 1 is 1.26 bits per heavy atom. The number of carbonyl (C=O) groups is 2. The summed E-state index contributed by atoms with van der Waals surface area (Å²) in [5, 5.41) is 11.4. The van der Waals surface area contributed by atoms with E-state index in [-0.39, 0.29) is 36.1 Å². The van der Waals surface area contributed by atoms with Crippen LogP contribution in [-0.2, 0) is 16.0 Å². The molecule has 5 nitrogen and oxygen atoms in total. The molecule has 8 heteroatoms. The monoisotopic (exact) mass is 331 g/mol. The van der Waals surface area contributed by atoms with Crippen LogP contribution < -0.4 is 10.1 Å². The first-order chi connectivity index (χ1) is 10.7. The second-order valence-corrected chi connectivity index (χ2v) is 5.43. The Bertz CT molecular complexity index is 582. The highest BCUT2D eigenvalue weighted by molar-refractivity contribution is 5.77. The summed E-state index contributed by atoms with van der Waals surface area (Å²) >= 11 is 0. The van der Waals surface area contributed by atoms with Gasteiger partial charge in [-0.15, -0.1) is 13.2 Å². The maximum absolute atomic E-state index is 12.3. The topological polar surface area (TPSA) is 75.6 Å². The van der Waals surface area contributed by atoms with Crippen molar-refractivity contribution >= 4 is 11.9 Å². The van der Waals surface area contributed by atoms with E-state index in [1.807, 2.05) is 0 Å². The van der Waals surface area contributed by atoms with Crippen LogP contribution in [0.1, 0.15) is 24.8 Å². The lowest BCUT2D eigenvalue weighted by Gasteiger charge is -2.32. The number of hydrogen-bond donors (Lipinski definition) is 2. The fourth-order valence-corrected chi connectivity index (χ4v) is 2.42. The van der Waals surface area contributed by atoms with Crippen molar-refractivity contribution in [1.82, 2.24) is 5.32 Å². The summed E-state index contributed by atoms with van der Waals surface area (Å²) in [5.74, 6) is -1.95. The number of nitrogens with one attached hydrogen (secondary N) is 1. The van der Waals surface area contributed by atoms with Gasteiger partial charge in [0.2, 0.25) is 5.91 Å². The molecule has 23 heavy (non-hydrogen) atoms. The van der Waals surface area contributed by atoms with Crippen molar-refractivity contribution < 1.29 is 32.6 Å². The molecule has 0 spiro atoms. The van der Waals surface area contributed by atoms with E-state index >= 15 is 0 Å². The SMILES string of the molecule is O=C(CCc1ccccc1OC(F)(F)F)NC1CC(C(=O)O)C1. The Labute approximate surface area is 130 Å². The van der Waals surface area contributed by atoms with Gasteiger partial charge in [0, 0.05) is 12.5 Å². The smallest absolute Gasteiger partial charge is 0.481 e. The number of carbonyl (C=O) groups excluding carboxylic acids is 1. The number of ether oxygens (including phenoxy) is 1. The standard InChI is InChI=1S/C15H16F3NO4/c16-15(17,18)23-12-4-2-1-3-9(12)5-6-13(20)19-11-7-10(8-11)14(21)22/h1-4,10-11H,5-8H2,(H,19,20)(H,21,22). The number of carboxylic acid groups (broad SMARTS) is 1. The molecule has 0 heterocycles. The number of amides is 1. The van der Waals surface area contributed by atoms with E-state index in [9.17, 15) is 22.8 Å². The molecule has 1 aromatic rings. The Balaban J connectivity index is 1.82. The molecule has 0 aliphatic heterocycles. The summed E-state index contributed by atoms with van der Waals surface area (Å²) < 4.78 is 40.8. The number of rotatable bonds is 6. The van der Waals surface area contributed by atoms with E-state index in [2.05, 4.69) is 10.1 Å². The molecule has 1 amide bonds. The Hall–Kier alpha value is -2.25. The normalized spacial score (nSPS) is 20.5. The fraction of sp³-hybridized carbons (Fsp3) is 0.467. The summed E-state index contributed by atoms with van der Waals surface area (Å²) in [6.45, 7) is 0. The fourth-order valence-electron chi connectivity index (χ4n) is 2.42. The molecule has 0 aromatic heterocycles. The number of alkyl halides is 3. The third-order valence-corrected chi connectivity index (χ3v) is 3.67. The summed E-state index contributed by atoms with van der Waals surface area (Å²) in [5.41, 5.74) is 0.289. The summed E-state index contributed by atoms with van der Waals surface area (Å²) in [6.07, 6.45) is -3.90. The minimum absolute atomic E-state index is 0.00642. The first-order valence-corrected chi connectivity index (χ1v) is 7.10. The van der Waals surface area contributed by atoms with E-state index < -0.39 is 18.2 Å². The maximum atomic E-state index is 12.3. The molecule has 1 aliphatic carbocycles. The molecule has 2 rings (SSSR count). The molecule has 0 unspecified atom stereocenters. The van der Waals surface area contributed by atoms with Crippen LogP contribution in [0.2, 0.25) is 0 Å². The minimum atomic E-state index is -4.78. The summed E-state index contributed by atoms with van der Waals surface area (Å²) in [6, 6.07) is 5.48. The van der Waals surface area contributed by atoms with Crippen LogP contribution >= 0.6 is 0 Å². The lowest BCUT2D eigenvalue weighted by Crippen LogP contribution is -2.46. The molecule has 0 bridgehead atoms. The Kier molecular flexibility index (Phi) is 5.12. The van der Waals surface area contributed by atoms with E-state index in [1.165, 1.54) is 18.2 Å². The molecule has 1 fully saturated rings. The van der Waals surface area contributed by atoms with Gasteiger partial charge in [-0.3, -0.25) is 9.59 Å². The molecule has 0 saturated heterocycles. The van der Waals surface area contributed by atoms with Crippen molar-refractivity contribution in [3.63, 3.8) is 0 Å². The van der Waals surface area contributed by atoms with Gasteiger partial charge >= 0.3 is 12.3 Å². The molecule has 2 N–H and O–H groups in total. The zero-order valence-electron chi connectivity index (χ0n) is 12.1. The van der Waals surface area contributed by atoms with Crippen molar-refractivity contribution in [3.05, 3.63) is 29.8 Å². The number of aryl methyl sites for hydroxylation is 1. The third-order valence-electron chi connectivity index (χ3n) is 3.67. The van der Waals surface area contributed by atoms with Crippen molar-refractivity contribution in [2.24, 2.45) is 5.92 Å². The van der Waals surface area contributed by atoms with Crippen molar-refractivity contribution in [1.29, 1.82) is 0 Å². The molecule has 1 saturated carbocycles. The molecular weight excluding hydrogens is 315 g/mol. The molecular formula is C15H16F3NO4. The van der Waals surface area contributed by atoms with Gasteiger partial charge in [-0.05, 0) is 30.9 Å². The van der Waals surface area contributed by atoms with Gasteiger partial charge < -0.3 is 15.2 Å². The molecule has 0 atom stereocenters. The number of hydrogen-bond acceptors (Lipinski definition) is 3. The van der Waals surface area contributed by atoms with Gasteiger partial charge in [-0.2, -0.15) is 0 Å². The average molecular weight is 331 g/mol. The van der Waals surface area contributed by atoms with Crippen LogP contribution in [0.25, 0.3) is 0 Å². The highest BCUT2D eigenvalue weighted by Gasteiger charge is 2.35. The van der Waals surface area contributed by atoms with Crippen LogP contribution in [0.4, 0.5) is 13.2 Å². The number of halogens is 3. The van der Waals surface area contributed by atoms with Gasteiger partial charge in [0.15, 0.2) is 0 Å². The predicted molar refractivity (Wildman–Crippen MR) is 73.7 cm³/mol. The van der Waals surface area contributed by atoms with Crippen molar-refractivity contribution in [2.75, 3.05) is 0 Å². The highest BCUT2D eigenvalue weighted by Crippen LogP contribution is 2.28. The molecule has 1 aromatic carbocycles. The number of benzene rings is 1. The van der Waals surface area contributed by atoms with E-state index in [1.54, 1.807) is 6.07 Å². The predicted octanol–water partition coefficient (Wildman–Crippen LogP) is 2.50. The van der Waals surface area contributed by atoms with Crippen LogP contribution in [0.3, 0.4) is 0 Å². The summed E-state index contributed by atoms with van der Waals surface area (Å²) in [7, 11) is 0. The van der Waals surface area contributed by atoms with Gasteiger partial charge in [-0.25, -0.2) is 0 Å². The number of carboxylic acids is 1. The van der Waals surface area contributed by atoms with Crippen LogP contribution in [0.15, 0.2) is 24.3 Å². The lowest BCUT2D eigenvalue weighted by atomic mass is 9.80. The zero-order chi connectivity index (χ0) is 17.0. The van der Waals surface area contributed by atoms with E-state index in [0.29, 0.717) is 12.8 Å². The molecule has 0 radical (unpaired) electrons. The largest absolute Gasteiger partial charge is 0.573 e. The molecule has 126 valence electrons. The van der Waals surface area contributed by atoms with E-state index in [4.69, 9.17) is 5.11 Å². The first-order valence-electron chi connectivity index (χ1n) is 7.10. The lowest BCUT2D eigenvalue weighted by molar-refractivity contribution is -0.274. The van der Waals surface area contributed by atoms with Gasteiger partial charge in [0.1, 0.15) is 5.75 Å². The van der Waals surface area contributed by atoms with Crippen LogP contribution in [0.5, 0.6) is 5.75 Å². The van der Waals surface area contributed by atoms with Gasteiger partial charge in [0.25, 0.3) is 0 Å².